The first-order valence-corrected chi connectivity index (χ1v) is 6.84. The van der Waals surface area contributed by atoms with Crippen LogP contribution in [0.25, 0.3) is 0 Å². The number of furan rings is 1. The second-order valence-electron chi connectivity index (χ2n) is 5.08. The van der Waals surface area contributed by atoms with Gasteiger partial charge in [-0.3, -0.25) is 4.79 Å². The molecule has 1 aliphatic heterocycles. The molecule has 1 saturated heterocycles. The van der Waals surface area contributed by atoms with Gasteiger partial charge in [0.1, 0.15) is 12.1 Å². The van der Waals surface area contributed by atoms with Crippen molar-refractivity contribution in [1.82, 2.24) is 4.90 Å². The molecule has 0 spiro atoms. The molecule has 0 unspecified atom stereocenters. The van der Waals surface area contributed by atoms with Crippen molar-refractivity contribution in [3.63, 3.8) is 0 Å². The molecule has 1 atom stereocenters. The van der Waals surface area contributed by atoms with Crippen LogP contribution in [-0.2, 0) is 0 Å². The molecule has 1 fully saturated rings. The molecule has 0 N–H and O–H groups in total. The Balaban J connectivity index is 1.89. The van der Waals surface area contributed by atoms with Gasteiger partial charge in [-0.25, -0.2) is 4.39 Å². The molecular weight excluding hydrogens is 257 g/mol. The minimum Gasteiger partial charge on any atom is -0.472 e. The Labute approximate surface area is 117 Å². The van der Waals surface area contributed by atoms with Crippen LogP contribution in [0.4, 0.5) is 4.39 Å². The lowest BCUT2D eigenvalue weighted by atomic mass is 9.94. The summed E-state index contributed by atoms with van der Waals surface area (Å²) in [6.45, 7) is 0.700. The van der Waals surface area contributed by atoms with Crippen LogP contribution in [0.3, 0.4) is 0 Å². The molecule has 20 heavy (non-hydrogen) atoms. The lowest BCUT2D eigenvalue weighted by Gasteiger charge is -2.36. The van der Waals surface area contributed by atoms with Crippen LogP contribution in [0, 0.1) is 5.82 Å². The molecule has 0 radical (unpaired) electrons. The topological polar surface area (TPSA) is 33.5 Å². The normalized spacial score (nSPS) is 19.1. The number of hydrogen-bond donors (Lipinski definition) is 0. The van der Waals surface area contributed by atoms with Gasteiger partial charge in [-0.1, -0.05) is 12.1 Å². The van der Waals surface area contributed by atoms with Crippen molar-refractivity contribution >= 4 is 5.91 Å². The number of piperidine rings is 1. The van der Waals surface area contributed by atoms with Gasteiger partial charge in [0.15, 0.2) is 0 Å². The van der Waals surface area contributed by atoms with Crippen molar-refractivity contribution in [2.24, 2.45) is 0 Å². The van der Waals surface area contributed by atoms with E-state index in [-0.39, 0.29) is 17.8 Å². The Bertz CT molecular complexity index is 594. The quantitative estimate of drug-likeness (QED) is 0.834. The second-order valence-corrected chi connectivity index (χ2v) is 5.08. The molecule has 1 aromatic carbocycles. The maximum absolute atomic E-state index is 13.4. The van der Waals surface area contributed by atoms with Crippen LogP contribution in [0.2, 0.25) is 0 Å². The van der Waals surface area contributed by atoms with E-state index < -0.39 is 0 Å². The number of halogens is 1. The summed E-state index contributed by atoms with van der Waals surface area (Å²) < 4.78 is 18.4. The molecule has 1 aliphatic rings. The van der Waals surface area contributed by atoms with Crippen LogP contribution >= 0.6 is 0 Å². The fourth-order valence-corrected chi connectivity index (χ4v) is 2.79. The molecule has 1 aromatic heterocycles. The van der Waals surface area contributed by atoms with Crippen LogP contribution in [0.1, 0.15) is 41.2 Å². The van der Waals surface area contributed by atoms with E-state index in [1.54, 1.807) is 12.1 Å². The van der Waals surface area contributed by atoms with E-state index in [1.807, 2.05) is 11.0 Å². The molecule has 3 rings (SSSR count). The van der Waals surface area contributed by atoms with Crippen molar-refractivity contribution in [2.75, 3.05) is 6.54 Å². The Hall–Kier alpha value is -2.10. The summed E-state index contributed by atoms with van der Waals surface area (Å²) in [7, 11) is 0. The summed E-state index contributed by atoms with van der Waals surface area (Å²) >= 11 is 0. The zero-order chi connectivity index (χ0) is 13.9. The third-order valence-electron chi connectivity index (χ3n) is 3.77. The number of carbonyl (C=O) groups excluding carboxylic acids is 1. The number of hydrogen-bond acceptors (Lipinski definition) is 2. The van der Waals surface area contributed by atoms with Crippen LogP contribution in [0.5, 0.6) is 0 Å². The monoisotopic (exact) mass is 273 g/mol. The van der Waals surface area contributed by atoms with E-state index in [9.17, 15) is 9.18 Å². The van der Waals surface area contributed by atoms with Gasteiger partial charge in [0.2, 0.25) is 0 Å². The van der Waals surface area contributed by atoms with E-state index in [0.717, 1.165) is 24.8 Å². The van der Waals surface area contributed by atoms with Gasteiger partial charge >= 0.3 is 0 Å². The number of nitrogens with zero attached hydrogens (tertiary/aromatic N) is 1. The zero-order valence-corrected chi connectivity index (χ0v) is 11.1. The summed E-state index contributed by atoms with van der Waals surface area (Å²) in [5, 5.41) is 0. The van der Waals surface area contributed by atoms with Crippen molar-refractivity contribution in [2.45, 2.75) is 25.3 Å². The molecule has 4 heteroatoms. The highest BCUT2D eigenvalue weighted by Crippen LogP contribution is 2.32. The van der Waals surface area contributed by atoms with E-state index in [1.165, 1.54) is 24.7 Å². The predicted octanol–water partition coefficient (Wildman–Crippen LogP) is 3.79. The first-order valence-electron chi connectivity index (χ1n) is 6.84. The Morgan fingerprint density at radius 2 is 2.20 bits per heavy atom. The Morgan fingerprint density at radius 1 is 1.30 bits per heavy atom. The van der Waals surface area contributed by atoms with E-state index in [0.29, 0.717) is 12.1 Å². The van der Waals surface area contributed by atoms with Gasteiger partial charge in [-0.05, 0) is 43.0 Å². The zero-order valence-electron chi connectivity index (χ0n) is 11.1. The molecule has 1 amide bonds. The highest BCUT2D eigenvalue weighted by atomic mass is 19.1. The average Bonchev–Trinajstić information content (AvgIpc) is 3.01. The average molecular weight is 273 g/mol. The smallest absolute Gasteiger partial charge is 0.257 e. The van der Waals surface area contributed by atoms with Crippen LogP contribution in [-0.4, -0.2) is 17.4 Å². The molecule has 3 nitrogen and oxygen atoms in total. The second kappa shape index (κ2) is 5.49. The highest BCUT2D eigenvalue weighted by Gasteiger charge is 2.29. The van der Waals surface area contributed by atoms with E-state index in [4.69, 9.17) is 4.42 Å². The highest BCUT2D eigenvalue weighted by molar-refractivity contribution is 5.94. The SMILES string of the molecule is O=C(c1ccoc1)N1CCCC[C@@H]1c1cccc(F)c1. The molecule has 0 bridgehead atoms. The van der Waals surface area contributed by atoms with Gasteiger partial charge in [0, 0.05) is 6.54 Å². The van der Waals surface area contributed by atoms with Crippen molar-refractivity contribution in [3.8, 4) is 0 Å². The first-order chi connectivity index (χ1) is 9.75. The molecule has 2 heterocycles. The van der Waals surface area contributed by atoms with Gasteiger partial charge in [0.05, 0.1) is 17.9 Å². The minimum atomic E-state index is -0.260. The number of benzene rings is 1. The van der Waals surface area contributed by atoms with Gasteiger partial charge in [-0.15, -0.1) is 0 Å². The van der Waals surface area contributed by atoms with Crippen LogP contribution in [0.15, 0.2) is 47.3 Å². The maximum Gasteiger partial charge on any atom is 0.257 e. The van der Waals surface area contributed by atoms with Gasteiger partial charge < -0.3 is 9.32 Å². The summed E-state index contributed by atoms with van der Waals surface area (Å²) in [5.74, 6) is -0.309. The summed E-state index contributed by atoms with van der Waals surface area (Å²) in [6.07, 6.45) is 5.85. The standard InChI is InChI=1S/C16H16FNO2/c17-14-5-3-4-12(10-14)15-6-1-2-8-18(15)16(19)13-7-9-20-11-13/h3-5,7,9-11,15H,1-2,6,8H2/t15-/m1/s1. The Morgan fingerprint density at radius 3 is 2.95 bits per heavy atom. The van der Waals surface area contributed by atoms with E-state index >= 15 is 0 Å². The van der Waals surface area contributed by atoms with Crippen molar-refractivity contribution in [1.29, 1.82) is 0 Å². The molecule has 0 aliphatic carbocycles. The largest absolute Gasteiger partial charge is 0.472 e. The van der Waals surface area contributed by atoms with Gasteiger partial charge in [0.25, 0.3) is 5.91 Å². The van der Waals surface area contributed by atoms with Gasteiger partial charge in [-0.2, -0.15) is 0 Å². The fourth-order valence-electron chi connectivity index (χ4n) is 2.79. The summed E-state index contributed by atoms with van der Waals surface area (Å²) in [4.78, 5) is 14.3. The summed E-state index contributed by atoms with van der Waals surface area (Å²) in [5.41, 5.74) is 1.41. The number of amides is 1. The lowest BCUT2D eigenvalue weighted by Crippen LogP contribution is -2.38. The third kappa shape index (κ3) is 2.46. The van der Waals surface area contributed by atoms with Crippen molar-refractivity contribution in [3.05, 3.63) is 59.8 Å². The molecule has 2 aromatic rings. The van der Waals surface area contributed by atoms with E-state index in [2.05, 4.69) is 0 Å². The molecule has 0 saturated carbocycles. The molecule has 104 valence electrons. The predicted molar refractivity (Wildman–Crippen MR) is 72.7 cm³/mol. The first kappa shape index (κ1) is 12.9. The minimum absolute atomic E-state index is 0.0484. The fraction of sp³-hybridized carbons (Fsp3) is 0.312. The van der Waals surface area contributed by atoms with Crippen molar-refractivity contribution < 1.29 is 13.6 Å². The maximum atomic E-state index is 13.4. The lowest BCUT2D eigenvalue weighted by molar-refractivity contribution is 0.0610. The summed E-state index contributed by atoms with van der Waals surface area (Å²) in [6, 6.07) is 8.13. The number of carbonyl (C=O) groups is 1. The Kier molecular flexibility index (Phi) is 3.54. The molecular formula is C16H16FNO2. The number of rotatable bonds is 2. The van der Waals surface area contributed by atoms with Crippen LogP contribution < -0.4 is 0 Å². The third-order valence-corrected chi connectivity index (χ3v) is 3.77. The number of likely N-dealkylation sites (tertiary alicyclic amines) is 1.